The second kappa shape index (κ2) is 8.16. The summed E-state index contributed by atoms with van der Waals surface area (Å²) in [6.07, 6.45) is 3.52. The quantitative estimate of drug-likeness (QED) is 0.459. The Kier molecular flexibility index (Phi) is 5.95. The summed E-state index contributed by atoms with van der Waals surface area (Å²) >= 11 is 1.44. The Balaban J connectivity index is 2.11. The summed E-state index contributed by atoms with van der Waals surface area (Å²) in [6, 6.07) is 13.2. The number of carboxylic acids is 1. The van der Waals surface area contributed by atoms with Crippen molar-refractivity contribution in [2.45, 2.75) is 19.8 Å². The zero-order valence-electron chi connectivity index (χ0n) is 12.8. The van der Waals surface area contributed by atoms with Gasteiger partial charge in [-0.15, -0.1) is 11.3 Å². The Bertz CT molecular complexity index is 738. The van der Waals surface area contributed by atoms with E-state index in [4.69, 9.17) is 15.1 Å². The minimum atomic E-state index is -1.21. The molecular formula is C18H17NO3S. The molecule has 1 N–H and O–H groups in total. The van der Waals surface area contributed by atoms with Crippen LogP contribution < -0.4 is 4.74 Å². The number of carboxylic acid groups (broad SMARTS) is 1. The van der Waals surface area contributed by atoms with E-state index in [1.54, 1.807) is 6.07 Å². The standard InChI is InChI=1S/C18H17NO3S/c1-2-3-10-22-15-6-4-13(5-7-15)17-9-8-16(23-17)11-14(12-19)18(20)21/h4-9,11H,2-3,10H2,1H3,(H,20,21)/b14-11-. The smallest absolute Gasteiger partial charge is 0.346 e. The van der Waals surface area contributed by atoms with Gasteiger partial charge in [0.25, 0.3) is 0 Å². The molecule has 0 amide bonds. The molecule has 118 valence electrons. The molecule has 0 spiro atoms. The monoisotopic (exact) mass is 327 g/mol. The van der Waals surface area contributed by atoms with Crippen LogP contribution in [-0.2, 0) is 4.79 Å². The topological polar surface area (TPSA) is 70.3 Å². The van der Waals surface area contributed by atoms with Gasteiger partial charge in [-0.05, 0) is 54.5 Å². The number of nitriles is 1. The highest BCUT2D eigenvalue weighted by Gasteiger charge is 2.08. The summed E-state index contributed by atoms with van der Waals surface area (Å²) in [5, 5.41) is 17.7. The predicted octanol–water partition coefficient (Wildman–Crippen LogP) is 4.59. The largest absolute Gasteiger partial charge is 0.494 e. The van der Waals surface area contributed by atoms with Gasteiger partial charge in [0.2, 0.25) is 0 Å². The fourth-order valence-corrected chi connectivity index (χ4v) is 2.88. The molecule has 0 saturated carbocycles. The molecule has 0 aliphatic carbocycles. The second-order valence-corrected chi connectivity index (χ2v) is 6.02. The third-order valence-corrected chi connectivity index (χ3v) is 4.25. The molecule has 0 saturated heterocycles. The zero-order valence-corrected chi connectivity index (χ0v) is 13.6. The van der Waals surface area contributed by atoms with Crippen molar-refractivity contribution in [3.63, 3.8) is 0 Å². The number of rotatable bonds is 7. The van der Waals surface area contributed by atoms with Crippen LogP contribution in [0.15, 0.2) is 42.0 Å². The summed E-state index contributed by atoms with van der Waals surface area (Å²) in [4.78, 5) is 12.6. The van der Waals surface area contributed by atoms with E-state index in [0.717, 1.165) is 40.5 Å². The van der Waals surface area contributed by atoms with Crippen LogP contribution in [0.4, 0.5) is 0 Å². The molecule has 0 unspecified atom stereocenters. The average molecular weight is 327 g/mol. The number of benzene rings is 1. The highest BCUT2D eigenvalue weighted by atomic mass is 32.1. The summed E-state index contributed by atoms with van der Waals surface area (Å²) in [6.45, 7) is 2.84. The molecule has 0 bridgehead atoms. The molecule has 0 fully saturated rings. The van der Waals surface area contributed by atoms with E-state index in [2.05, 4.69) is 6.92 Å². The molecule has 5 heteroatoms. The van der Waals surface area contributed by atoms with Gasteiger partial charge in [-0.1, -0.05) is 13.3 Å². The van der Waals surface area contributed by atoms with Crippen molar-refractivity contribution >= 4 is 23.4 Å². The first-order valence-corrected chi connectivity index (χ1v) is 8.14. The molecule has 0 aliphatic heterocycles. The lowest BCUT2D eigenvalue weighted by molar-refractivity contribution is -0.132. The van der Waals surface area contributed by atoms with Gasteiger partial charge in [-0.2, -0.15) is 5.26 Å². The van der Waals surface area contributed by atoms with Gasteiger partial charge >= 0.3 is 5.97 Å². The second-order valence-electron chi connectivity index (χ2n) is 4.90. The van der Waals surface area contributed by atoms with Gasteiger partial charge in [0, 0.05) is 9.75 Å². The van der Waals surface area contributed by atoms with Crippen LogP contribution in [0.2, 0.25) is 0 Å². The molecule has 0 radical (unpaired) electrons. The maximum absolute atomic E-state index is 10.9. The van der Waals surface area contributed by atoms with Crippen LogP contribution in [0.1, 0.15) is 24.6 Å². The Morgan fingerprint density at radius 2 is 2.04 bits per heavy atom. The van der Waals surface area contributed by atoms with Crippen molar-refractivity contribution in [1.82, 2.24) is 0 Å². The minimum Gasteiger partial charge on any atom is -0.494 e. The summed E-state index contributed by atoms with van der Waals surface area (Å²) < 4.78 is 5.63. The van der Waals surface area contributed by atoms with E-state index in [1.807, 2.05) is 36.4 Å². The fraction of sp³-hybridized carbons (Fsp3) is 0.222. The molecule has 23 heavy (non-hydrogen) atoms. The molecule has 1 aromatic heterocycles. The molecule has 2 rings (SSSR count). The molecule has 4 nitrogen and oxygen atoms in total. The van der Waals surface area contributed by atoms with Crippen molar-refractivity contribution in [1.29, 1.82) is 5.26 Å². The lowest BCUT2D eigenvalue weighted by atomic mass is 10.2. The number of thiophene rings is 1. The number of nitrogens with zero attached hydrogens (tertiary/aromatic N) is 1. The molecule has 1 heterocycles. The van der Waals surface area contributed by atoms with E-state index >= 15 is 0 Å². The van der Waals surface area contributed by atoms with E-state index < -0.39 is 5.97 Å². The fourth-order valence-electron chi connectivity index (χ4n) is 1.92. The van der Waals surface area contributed by atoms with E-state index in [0.29, 0.717) is 0 Å². The third kappa shape index (κ3) is 4.70. The average Bonchev–Trinajstić information content (AvgIpc) is 3.02. The first-order chi connectivity index (χ1) is 11.1. The maximum atomic E-state index is 10.9. The lowest BCUT2D eigenvalue weighted by Crippen LogP contribution is -1.96. The van der Waals surface area contributed by atoms with Crippen LogP contribution in [0.3, 0.4) is 0 Å². The van der Waals surface area contributed by atoms with E-state index in [-0.39, 0.29) is 5.57 Å². The van der Waals surface area contributed by atoms with Gasteiger partial charge in [0.05, 0.1) is 6.61 Å². The molecular weight excluding hydrogens is 310 g/mol. The minimum absolute atomic E-state index is 0.266. The Hall–Kier alpha value is -2.58. The van der Waals surface area contributed by atoms with Gasteiger partial charge in [-0.3, -0.25) is 0 Å². The Labute approximate surface area is 139 Å². The van der Waals surface area contributed by atoms with Gasteiger partial charge in [-0.25, -0.2) is 4.79 Å². The van der Waals surface area contributed by atoms with Crippen LogP contribution in [0, 0.1) is 11.3 Å². The van der Waals surface area contributed by atoms with Gasteiger partial charge < -0.3 is 9.84 Å². The molecule has 1 aromatic carbocycles. The van der Waals surface area contributed by atoms with Crippen molar-refractivity contribution in [3.8, 4) is 22.3 Å². The number of hydrogen-bond donors (Lipinski definition) is 1. The first-order valence-electron chi connectivity index (χ1n) is 7.32. The summed E-state index contributed by atoms with van der Waals surface area (Å²) in [5.74, 6) is -0.368. The third-order valence-electron chi connectivity index (χ3n) is 3.17. The number of ether oxygens (including phenoxy) is 1. The van der Waals surface area contributed by atoms with Gasteiger partial charge in [0.1, 0.15) is 17.4 Å². The van der Waals surface area contributed by atoms with Gasteiger partial charge in [0.15, 0.2) is 0 Å². The summed E-state index contributed by atoms with van der Waals surface area (Å²) in [7, 11) is 0. The van der Waals surface area contributed by atoms with E-state index in [9.17, 15) is 4.79 Å². The van der Waals surface area contributed by atoms with Crippen molar-refractivity contribution in [3.05, 3.63) is 46.8 Å². The Morgan fingerprint density at radius 3 is 2.65 bits per heavy atom. The number of hydrogen-bond acceptors (Lipinski definition) is 4. The number of aliphatic carboxylic acids is 1. The zero-order chi connectivity index (χ0) is 16.7. The molecule has 2 aromatic rings. The van der Waals surface area contributed by atoms with Crippen molar-refractivity contribution < 1.29 is 14.6 Å². The summed E-state index contributed by atoms with van der Waals surface area (Å²) in [5.41, 5.74) is 0.768. The van der Waals surface area contributed by atoms with Crippen LogP contribution >= 0.6 is 11.3 Å². The van der Waals surface area contributed by atoms with Crippen LogP contribution in [0.5, 0.6) is 5.75 Å². The number of unbranched alkanes of at least 4 members (excludes halogenated alkanes) is 1. The molecule has 0 atom stereocenters. The highest BCUT2D eigenvalue weighted by Crippen LogP contribution is 2.30. The van der Waals surface area contributed by atoms with Crippen LogP contribution in [0.25, 0.3) is 16.5 Å². The number of carbonyl (C=O) groups is 1. The normalized spacial score (nSPS) is 11.0. The maximum Gasteiger partial charge on any atom is 0.346 e. The Morgan fingerprint density at radius 1 is 1.30 bits per heavy atom. The predicted molar refractivity (Wildman–Crippen MR) is 91.4 cm³/mol. The van der Waals surface area contributed by atoms with Crippen LogP contribution in [-0.4, -0.2) is 17.7 Å². The highest BCUT2D eigenvalue weighted by molar-refractivity contribution is 7.16. The molecule has 0 aliphatic rings. The van der Waals surface area contributed by atoms with Crippen molar-refractivity contribution in [2.75, 3.05) is 6.61 Å². The SMILES string of the molecule is CCCCOc1ccc(-c2ccc(/C=C(/C#N)C(=O)O)s2)cc1. The lowest BCUT2D eigenvalue weighted by Gasteiger charge is -2.05. The first kappa shape index (κ1) is 16.8. The van der Waals surface area contributed by atoms with E-state index in [1.165, 1.54) is 17.4 Å². The van der Waals surface area contributed by atoms with Crippen molar-refractivity contribution in [2.24, 2.45) is 0 Å².